The summed E-state index contributed by atoms with van der Waals surface area (Å²) in [5.41, 5.74) is -1.39. The summed E-state index contributed by atoms with van der Waals surface area (Å²) >= 11 is 0. The lowest BCUT2D eigenvalue weighted by molar-refractivity contribution is -0.138. The third-order valence-electron chi connectivity index (χ3n) is 1.91. The van der Waals surface area contributed by atoms with Crippen LogP contribution >= 0.6 is 0 Å². The zero-order valence-corrected chi connectivity index (χ0v) is 8.46. The molecule has 1 rings (SSSR count). The maximum atomic E-state index is 12.7. The van der Waals surface area contributed by atoms with Crippen LogP contribution in [0, 0.1) is 5.82 Å². The highest BCUT2D eigenvalue weighted by Crippen LogP contribution is 2.33. The van der Waals surface area contributed by atoms with Crippen molar-refractivity contribution in [3.8, 4) is 0 Å². The first-order chi connectivity index (χ1) is 7.80. The van der Waals surface area contributed by atoms with Crippen molar-refractivity contribution < 1.29 is 27.5 Å². The smallest absolute Gasteiger partial charge is 0.417 e. The van der Waals surface area contributed by atoms with Crippen LogP contribution in [-0.2, 0) is 11.0 Å². The van der Waals surface area contributed by atoms with Crippen molar-refractivity contribution in [2.45, 2.75) is 12.6 Å². The third-order valence-corrected chi connectivity index (χ3v) is 1.91. The molecular formula is C11H8F4O2. The van der Waals surface area contributed by atoms with Gasteiger partial charge in [-0.2, -0.15) is 13.2 Å². The highest BCUT2D eigenvalue weighted by molar-refractivity contribution is 5.70. The van der Waals surface area contributed by atoms with Gasteiger partial charge in [0.1, 0.15) is 5.82 Å². The van der Waals surface area contributed by atoms with Gasteiger partial charge in [-0.05, 0) is 17.7 Å². The largest absolute Gasteiger partial charge is 0.481 e. The topological polar surface area (TPSA) is 37.3 Å². The molecular weight excluding hydrogens is 240 g/mol. The van der Waals surface area contributed by atoms with E-state index in [2.05, 4.69) is 0 Å². The van der Waals surface area contributed by atoms with Crippen LogP contribution in [0.15, 0.2) is 24.3 Å². The molecule has 0 amide bonds. The van der Waals surface area contributed by atoms with E-state index in [-0.39, 0.29) is 5.56 Å². The van der Waals surface area contributed by atoms with E-state index >= 15 is 0 Å². The SMILES string of the molecule is O=C(O)CC=Cc1ccc(F)cc1C(F)(F)F. The fourth-order valence-electron chi connectivity index (χ4n) is 1.21. The minimum atomic E-state index is -4.68. The Hall–Kier alpha value is -1.85. The molecule has 0 bridgehead atoms. The van der Waals surface area contributed by atoms with E-state index in [9.17, 15) is 22.4 Å². The second-order valence-electron chi connectivity index (χ2n) is 3.23. The van der Waals surface area contributed by atoms with Crippen molar-refractivity contribution in [3.63, 3.8) is 0 Å². The zero-order chi connectivity index (χ0) is 13.1. The molecule has 0 saturated heterocycles. The van der Waals surface area contributed by atoms with Crippen LogP contribution in [-0.4, -0.2) is 11.1 Å². The molecule has 17 heavy (non-hydrogen) atoms. The molecule has 0 aromatic heterocycles. The molecule has 0 spiro atoms. The van der Waals surface area contributed by atoms with Crippen molar-refractivity contribution in [1.29, 1.82) is 0 Å². The van der Waals surface area contributed by atoms with Gasteiger partial charge in [-0.1, -0.05) is 18.2 Å². The van der Waals surface area contributed by atoms with Gasteiger partial charge in [0.05, 0.1) is 12.0 Å². The van der Waals surface area contributed by atoms with Gasteiger partial charge in [-0.25, -0.2) is 4.39 Å². The first kappa shape index (κ1) is 13.2. The highest BCUT2D eigenvalue weighted by atomic mass is 19.4. The number of halogens is 4. The lowest BCUT2D eigenvalue weighted by Crippen LogP contribution is -2.07. The molecule has 2 nitrogen and oxygen atoms in total. The van der Waals surface area contributed by atoms with Crippen molar-refractivity contribution in [3.05, 3.63) is 41.2 Å². The first-order valence-electron chi connectivity index (χ1n) is 4.56. The number of rotatable bonds is 3. The Labute approximate surface area is 94.2 Å². The fourth-order valence-corrected chi connectivity index (χ4v) is 1.21. The number of carboxylic acids is 1. The summed E-state index contributed by atoms with van der Waals surface area (Å²) in [4.78, 5) is 10.2. The Morgan fingerprint density at radius 3 is 2.53 bits per heavy atom. The maximum Gasteiger partial charge on any atom is 0.417 e. The van der Waals surface area contributed by atoms with Crippen LogP contribution in [0.5, 0.6) is 0 Å². The summed E-state index contributed by atoms with van der Waals surface area (Å²) in [6.45, 7) is 0. The Morgan fingerprint density at radius 1 is 1.35 bits per heavy atom. The van der Waals surface area contributed by atoms with Gasteiger partial charge >= 0.3 is 12.1 Å². The van der Waals surface area contributed by atoms with E-state index in [0.717, 1.165) is 24.3 Å². The van der Waals surface area contributed by atoms with Crippen LogP contribution in [0.25, 0.3) is 6.08 Å². The number of aliphatic carboxylic acids is 1. The minimum Gasteiger partial charge on any atom is -0.481 e. The highest BCUT2D eigenvalue weighted by Gasteiger charge is 2.33. The number of hydrogen-bond acceptors (Lipinski definition) is 1. The molecule has 1 aromatic carbocycles. The van der Waals surface area contributed by atoms with Gasteiger partial charge in [0.2, 0.25) is 0 Å². The minimum absolute atomic E-state index is 0.264. The molecule has 0 radical (unpaired) electrons. The molecule has 0 fully saturated rings. The monoisotopic (exact) mass is 248 g/mol. The van der Waals surface area contributed by atoms with Gasteiger partial charge in [-0.3, -0.25) is 4.79 Å². The zero-order valence-electron chi connectivity index (χ0n) is 8.46. The van der Waals surface area contributed by atoms with Gasteiger partial charge in [0, 0.05) is 0 Å². The van der Waals surface area contributed by atoms with E-state index in [1.807, 2.05) is 0 Å². The number of alkyl halides is 3. The van der Waals surface area contributed by atoms with Crippen LogP contribution < -0.4 is 0 Å². The van der Waals surface area contributed by atoms with Crippen molar-refractivity contribution >= 4 is 12.0 Å². The Kier molecular flexibility index (Phi) is 3.88. The summed E-state index contributed by atoms with van der Waals surface area (Å²) in [6, 6.07) is 2.21. The summed E-state index contributed by atoms with van der Waals surface area (Å²) in [5.74, 6) is -2.15. The molecule has 6 heteroatoms. The van der Waals surface area contributed by atoms with Crippen molar-refractivity contribution in [1.82, 2.24) is 0 Å². The predicted molar refractivity (Wildman–Crippen MR) is 52.7 cm³/mol. The van der Waals surface area contributed by atoms with Crippen molar-refractivity contribution in [2.75, 3.05) is 0 Å². The van der Waals surface area contributed by atoms with E-state index in [0.29, 0.717) is 6.07 Å². The average Bonchev–Trinajstić information content (AvgIpc) is 2.18. The second kappa shape index (κ2) is 4.99. The van der Waals surface area contributed by atoms with Crippen LogP contribution in [0.2, 0.25) is 0 Å². The maximum absolute atomic E-state index is 12.7. The number of carboxylic acid groups (broad SMARTS) is 1. The summed E-state index contributed by atoms with van der Waals surface area (Å²) in [7, 11) is 0. The number of carbonyl (C=O) groups is 1. The third kappa shape index (κ3) is 3.90. The van der Waals surface area contributed by atoms with Gasteiger partial charge < -0.3 is 5.11 Å². The molecule has 0 saturated carbocycles. The average molecular weight is 248 g/mol. The lowest BCUT2D eigenvalue weighted by Gasteiger charge is -2.10. The quantitative estimate of drug-likeness (QED) is 0.833. The normalized spacial score (nSPS) is 12.0. The Bertz CT molecular complexity index is 449. The van der Waals surface area contributed by atoms with Crippen molar-refractivity contribution in [2.24, 2.45) is 0 Å². The van der Waals surface area contributed by atoms with Crippen LogP contribution in [0.1, 0.15) is 17.5 Å². The molecule has 0 atom stereocenters. The second-order valence-corrected chi connectivity index (χ2v) is 3.23. The molecule has 0 aliphatic carbocycles. The van der Waals surface area contributed by atoms with E-state index in [1.54, 1.807) is 0 Å². The molecule has 92 valence electrons. The molecule has 0 aliphatic heterocycles. The fraction of sp³-hybridized carbons (Fsp3) is 0.182. The van der Waals surface area contributed by atoms with E-state index in [4.69, 9.17) is 5.11 Å². The predicted octanol–water partition coefficient (Wildman–Crippen LogP) is 3.33. The number of hydrogen-bond donors (Lipinski definition) is 1. The Balaban J connectivity index is 3.07. The molecule has 1 aromatic rings. The van der Waals surface area contributed by atoms with Gasteiger partial charge in [-0.15, -0.1) is 0 Å². The standard InChI is InChI=1S/C11H8F4O2/c12-8-5-4-7(2-1-3-10(16)17)9(6-8)11(13,14)15/h1-2,4-6H,3H2,(H,16,17). The lowest BCUT2D eigenvalue weighted by atomic mass is 10.1. The summed E-state index contributed by atoms with van der Waals surface area (Å²) in [6.07, 6.45) is -2.99. The van der Waals surface area contributed by atoms with Gasteiger partial charge in [0.25, 0.3) is 0 Å². The molecule has 0 unspecified atom stereocenters. The van der Waals surface area contributed by atoms with Gasteiger partial charge in [0.15, 0.2) is 0 Å². The summed E-state index contributed by atoms with van der Waals surface area (Å²) < 4.78 is 50.2. The van der Waals surface area contributed by atoms with E-state index in [1.165, 1.54) is 0 Å². The van der Waals surface area contributed by atoms with Crippen LogP contribution in [0.4, 0.5) is 17.6 Å². The molecule has 1 N–H and O–H groups in total. The molecule has 0 aliphatic rings. The summed E-state index contributed by atoms with van der Waals surface area (Å²) in [5, 5.41) is 8.33. The number of benzene rings is 1. The van der Waals surface area contributed by atoms with E-state index < -0.39 is 29.9 Å². The van der Waals surface area contributed by atoms with Crippen LogP contribution in [0.3, 0.4) is 0 Å². The Morgan fingerprint density at radius 2 is 2.00 bits per heavy atom. The molecule has 0 heterocycles. The first-order valence-corrected chi connectivity index (χ1v) is 4.56.